The number of phenols is 1. The average molecular weight is 282 g/mol. The van der Waals surface area contributed by atoms with Gasteiger partial charge in [0.25, 0.3) is 5.91 Å². The van der Waals surface area contributed by atoms with E-state index < -0.39 is 0 Å². The molecule has 1 aromatic heterocycles. The predicted molar refractivity (Wildman–Crippen MR) is 73.3 cm³/mol. The van der Waals surface area contributed by atoms with Crippen LogP contribution in [0.2, 0.25) is 5.02 Å². The van der Waals surface area contributed by atoms with Gasteiger partial charge < -0.3 is 10.4 Å². The summed E-state index contributed by atoms with van der Waals surface area (Å²) in [6.07, 6.45) is 0. The van der Waals surface area contributed by atoms with Gasteiger partial charge in [-0.25, -0.2) is 0 Å². The topological polar surface area (TPSA) is 49.3 Å². The van der Waals surface area contributed by atoms with Crippen molar-refractivity contribution in [2.45, 2.75) is 13.5 Å². The third-order valence-corrected chi connectivity index (χ3v) is 3.73. The molecule has 94 valence electrons. The van der Waals surface area contributed by atoms with E-state index in [-0.39, 0.29) is 16.7 Å². The molecule has 1 aromatic carbocycles. The molecule has 0 aliphatic rings. The van der Waals surface area contributed by atoms with E-state index in [4.69, 9.17) is 11.6 Å². The summed E-state index contributed by atoms with van der Waals surface area (Å²) >= 11 is 7.40. The highest BCUT2D eigenvalue weighted by molar-refractivity contribution is 7.11. The van der Waals surface area contributed by atoms with Crippen LogP contribution in [-0.2, 0) is 6.54 Å². The zero-order valence-electron chi connectivity index (χ0n) is 9.74. The first-order valence-electron chi connectivity index (χ1n) is 5.38. The third-order valence-electron chi connectivity index (χ3n) is 2.43. The second kappa shape index (κ2) is 5.42. The Balaban J connectivity index is 2.01. The maximum absolute atomic E-state index is 11.8. The number of hydrogen-bond donors (Lipinski definition) is 2. The number of hydrogen-bond acceptors (Lipinski definition) is 3. The van der Waals surface area contributed by atoms with Crippen LogP contribution in [0, 0.1) is 6.92 Å². The van der Waals surface area contributed by atoms with Crippen LogP contribution in [0.4, 0.5) is 0 Å². The van der Waals surface area contributed by atoms with Gasteiger partial charge in [-0.3, -0.25) is 4.79 Å². The molecular weight excluding hydrogens is 270 g/mol. The number of aromatic hydroxyl groups is 1. The summed E-state index contributed by atoms with van der Waals surface area (Å²) in [5.41, 5.74) is 0.436. The van der Waals surface area contributed by atoms with Gasteiger partial charge in [-0.2, -0.15) is 0 Å². The molecule has 1 heterocycles. The van der Waals surface area contributed by atoms with E-state index >= 15 is 0 Å². The summed E-state index contributed by atoms with van der Waals surface area (Å²) in [6, 6.07) is 8.41. The van der Waals surface area contributed by atoms with Crippen LogP contribution in [0.1, 0.15) is 20.1 Å². The van der Waals surface area contributed by atoms with E-state index in [0.717, 1.165) is 4.88 Å². The van der Waals surface area contributed by atoms with Crippen molar-refractivity contribution in [1.29, 1.82) is 0 Å². The lowest BCUT2D eigenvalue weighted by Crippen LogP contribution is -2.22. The Morgan fingerprint density at radius 3 is 2.78 bits per heavy atom. The summed E-state index contributed by atoms with van der Waals surface area (Å²) in [6.45, 7) is 2.52. The monoisotopic (exact) mass is 281 g/mol. The van der Waals surface area contributed by atoms with E-state index in [2.05, 4.69) is 5.32 Å². The van der Waals surface area contributed by atoms with E-state index in [1.165, 1.54) is 23.1 Å². The fraction of sp³-hybridized carbons (Fsp3) is 0.154. The lowest BCUT2D eigenvalue weighted by molar-refractivity contribution is 0.0951. The van der Waals surface area contributed by atoms with Crippen molar-refractivity contribution >= 4 is 28.8 Å². The molecule has 0 aliphatic carbocycles. The second-order valence-electron chi connectivity index (χ2n) is 3.86. The quantitative estimate of drug-likeness (QED) is 0.906. The predicted octanol–water partition coefficient (Wildman–Crippen LogP) is 3.35. The van der Waals surface area contributed by atoms with Crippen molar-refractivity contribution in [3.05, 3.63) is 50.7 Å². The van der Waals surface area contributed by atoms with Crippen LogP contribution in [0.15, 0.2) is 30.3 Å². The standard InChI is InChI=1S/C13H12ClNO2S/c1-8-2-4-10(18-8)7-15-13(17)9-3-5-12(16)11(14)6-9/h2-6,16H,7H2,1H3,(H,15,17). The molecule has 0 saturated carbocycles. The van der Waals surface area contributed by atoms with E-state index in [1.54, 1.807) is 11.3 Å². The normalized spacial score (nSPS) is 10.3. The molecule has 5 heteroatoms. The number of benzene rings is 1. The highest BCUT2D eigenvalue weighted by Crippen LogP contribution is 2.23. The summed E-state index contributed by atoms with van der Waals surface area (Å²) in [5.74, 6) is -0.231. The number of carbonyl (C=O) groups is 1. The van der Waals surface area contributed by atoms with E-state index in [9.17, 15) is 9.90 Å². The smallest absolute Gasteiger partial charge is 0.251 e. The molecule has 0 fully saturated rings. The lowest BCUT2D eigenvalue weighted by Gasteiger charge is -2.04. The molecule has 1 amide bonds. The summed E-state index contributed by atoms with van der Waals surface area (Å²) in [5, 5.41) is 12.3. The van der Waals surface area contributed by atoms with Gasteiger partial charge in [0, 0.05) is 15.3 Å². The lowest BCUT2D eigenvalue weighted by atomic mass is 10.2. The average Bonchev–Trinajstić information content (AvgIpc) is 2.75. The summed E-state index contributed by atoms with van der Waals surface area (Å²) in [7, 11) is 0. The number of rotatable bonds is 3. The van der Waals surface area contributed by atoms with Gasteiger partial charge in [-0.15, -0.1) is 11.3 Å². The Kier molecular flexibility index (Phi) is 3.89. The number of carbonyl (C=O) groups excluding carboxylic acids is 1. The van der Waals surface area contributed by atoms with Gasteiger partial charge in [0.1, 0.15) is 5.75 Å². The van der Waals surface area contributed by atoms with Crippen molar-refractivity contribution in [2.24, 2.45) is 0 Å². The number of halogens is 1. The van der Waals surface area contributed by atoms with E-state index in [1.807, 2.05) is 19.1 Å². The van der Waals surface area contributed by atoms with Gasteiger partial charge in [0.15, 0.2) is 0 Å². The van der Waals surface area contributed by atoms with Crippen LogP contribution in [0.3, 0.4) is 0 Å². The molecule has 0 bridgehead atoms. The highest BCUT2D eigenvalue weighted by Gasteiger charge is 2.08. The Hall–Kier alpha value is -1.52. The Labute approximate surface area is 114 Å². The van der Waals surface area contributed by atoms with Crippen molar-refractivity contribution in [2.75, 3.05) is 0 Å². The van der Waals surface area contributed by atoms with Crippen molar-refractivity contribution in [3.8, 4) is 5.75 Å². The molecule has 0 spiro atoms. The third kappa shape index (κ3) is 3.03. The van der Waals surface area contributed by atoms with Crippen LogP contribution >= 0.6 is 22.9 Å². The fourth-order valence-corrected chi connectivity index (χ4v) is 2.51. The molecule has 0 unspecified atom stereocenters. The number of aryl methyl sites for hydroxylation is 1. The molecule has 2 rings (SSSR count). The highest BCUT2D eigenvalue weighted by atomic mass is 35.5. The molecule has 18 heavy (non-hydrogen) atoms. The van der Waals surface area contributed by atoms with E-state index in [0.29, 0.717) is 12.1 Å². The molecule has 0 radical (unpaired) electrons. The van der Waals surface area contributed by atoms with Gasteiger partial charge in [0.2, 0.25) is 0 Å². The van der Waals surface area contributed by atoms with Gasteiger partial charge in [-0.1, -0.05) is 11.6 Å². The molecule has 0 aliphatic heterocycles. The van der Waals surface area contributed by atoms with Crippen molar-refractivity contribution < 1.29 is 9.90 Å². The van der Waals surface area contributed by atoms with Crippen LogP contribution in [-0.4, -0.2) is 11.0 Å². The first-order chi connectivity index (χ1) is 8.56. The van der Waals surface area contributed by atoms with Crippen LogP contribution in [0.25, 0.3) is 0 Å². The molecule has 3 nitrogen and oxygen atoms in total. The molecule has 0 atom stereocenters. The molecule has 0 saturated heterocycles. The maximum atomic E-state index is 11.8. The van der Waals surface area contributed by atoms with Crippen LogP contribution in [0.5, 0.6) is 5.75 Å². The molecule has 2 N–H and O–H groups in total. The second-order valence-corrected chi connectivity index (χ2v) is 5.64. The van der Waals surface area contributed by atoms with Gasteiger partial charge >= 0.3 is 0 Å². The number of nitrogens with one attached hydrogen (secondary N) is 1. The summed E-state index contributed by atoms with van der Waals surface area (Å²) < 4.78 is 0. The molecule has 2 aromatic rings. The maximum Gasteiger partial charge on any atom is 0.251 e. The van der Waals surface area contributed by atoms with Crippen molar-refractivity contribution in [1.82, 2.24) is 5.32 Å². The first kappa shape index (κ1) is 12.9. The first-order valence-corrected chi connectivity index (χ1v) is 6.58. The van der Waals surface area contributed by atoms with Gasteiger partial charge in [0.05, 0.1) is 11.6 Å². The van der Waals surface area contributed by atoms with Crippen molar-refractivity contribution in [3.63, 3.8) is 0 Å². The minimum absolute atomic E-state index is 0.0258. The largest absolute Gasteiger partial charge is 0.506 e. The zero-order chi connectivity index (χ0) is 13.1. The van der Waals surface area contributed by atoms with Crippen LogP contribution < -0.4 is 5.32 Å². The van der Waals surface area contributed by atoms with Gasteiger partial charge in [-0.05, 0) is 37.3 Å². The Bertz CT molecular complexity index is 580. The SMILES string of the molecule is Cc1ccc(CNC(=O)c2ccc(O)c(Cl)c2)s1. The Morgan fingerprint density at radius 1 is 1.39 bits per heavy atom. The summed E-state index contributed by atoms with van der Waals surface area (Å²) in [4.78, 5) is 14.2. The Morgan fingerprint density at radius 2 is 2.17 bits per heavy atom. The number of thiophene rings is 1. The minimum atomic E-state index is -0.206. The number of amides is 1. The number of phenolic OH excluding ortho intramolecular Hbond substituents is 1. The minimum Gasteiger partial charge on any atom is -0.506 e. The molecular formula is C13H12ClNO2S. The zero-order valence-corrected chi connectivity index (χ0v) is 11.3. The fourth-order valence-electron chi connectivity index (χ4n) is 1.50.